The predicted molar refractivity (Wildman–Crippen MR) is 113 cm³/mol. The molecule has 0 radical (unpaired) electrons. The molecule has 0 saturated carbocycles. The standard InChI is InChI=1S/C19H36N6O6/c1-10(2)8-13(24-16(27)11(3)21)18(29)23-12(6-4-5-7-20)17(28)25-14(19(30)31)9-15(22)26/h10-14H,4-9,20-21H2,1-3H3,(H2,22,26)(H,23,29)(H,24,27)(H,25,28)(H,30,31). The highest BCUT2D eigenvalue weighted by Crippen LogP contribution is 2.08. The zero-order valence-electron chi connectivity index (χ0n) is 18.3. The Balaban J connectivity index is 5.44. The zero-order valence-corrected chi connectivity index (χ0v) is 18.3. The van der Waals surface area contributed by atoms with Crippen molar-refractivity contribution in [2.24, 2.45) is 23.1 Å². The minimum Gasteiger partial charge on any atom is -0.480 e. The number of unbranched alkanes of at least 4 members (excludes halogenated alkanes) is 1. The lowest BCUT2D eigenvalue weighted by Gasteiger charge is -2.25. The van der Waals surface area contributed by atoms with Gasteiger partial charge in [-0.2, -0.15) is 0 Å². The Labute approximate surface area is 182 Å². The molecule has 0 heterocycles. The van der Waals surface area contributed by atoms with E-state index in [0.717, 1.165) is 0 Å². The monoisotopic (exact) mass is 444 g/mol. The molecule has 0 saturated heterocycles. The van der Waals surface area contributed by atoms with Gasteiger partial charge in [0.2, 0.25) is 23.6 Å². The number of hydrogen-bond acceptors (Lipinski definition) is 7. The van der Waals surface area contributed by atoms with Gasteiger partial charge in [0.15, 0.2) is 0 Å². The van der Waals surface area contributed by atoms with Crippen molar-refractivity contribution in [3.8, 4) is 0 Å². The molecule has 4 unspecified atom stereocenters. The van der Waals surface area contributed by atoms with Crippen molar-refractivity contribution >= 4 is 29.6 Å². The van der Waals surface area contributed by atoms with Gasteiger partial charge in [-0.15, -0.1) is 0 Å². The number of primary amides is 1. The molecule has 0 aromatic rings. The zero-order chi connectivity index (χ0) is 24.1. The number of carboxylic acids is 1. The fraction of sp³-hybridized carbons (Fsp3) is 0.737. The summed E-state index contributed by atoms with van der Waals surface area (Å²) < 4.78 is 0. The first kappa shape index (κ1) is 28.3. The topological polar surface area (TPSA) is 220 Å². The molecular weight excluding hydrogens is 408 g/mol. The molecule has 12 heteroatoms. The van der Waals surface area contributed by atoms with E-state index in [-0.39, 0.29) is 12.3 Å². The maximum atomic E-state index is 12.8. The third-order valence-electron chi connectivity index (χ3n) is 4.35. The molecule has 0 aromatic carbocycles. The molecule has 0 aliphatic rings. The fourth-order valence-corrected chi connectivity index (χ4v) is 2.71. The highest BCUT2D eigenvalue weighted by molar-refractivity contribution is 5.94. The van der Waals surface area contributed by atoms with E-state index >= 15 is 0 Å². The van der Waals surface area contributed by atoms with Crippen LogP contribution in [0.3, 0.4) is 0 Å². The van der Waals surface area contributed by atoms with Gasteiger partial charge >= 0.3 is 5.97 Å². The average Bonchev–Trinajstić information content (AvgIpc) is 2.64. The van der Waals surface area contributed by atoms with Crippen molar-refractivity contribution in [1.29, 1.82) is 0 Å². The van der Waals surface area contributed by atoms with Crippen LogP contribution in [0.15, 0.2) is 0 Å². The highest BCUT2D eigenvalue weighted by atomic mass is 16.4. The van der Waals surface area contributed by atoms with Gasteiger partial charge in [0.1, 0.15) is 18.1 Å². The first-order valence-electron chi connectivity index (χ1n) is 10.3. The Morgan fingerprint density at radius 1 is 0.839 bits per heavy atom. The lowest BCUT2D eigenvalue weighted by Crippen LogP contribution is -2.57. The number of rotatable bonds is 15. The van der Waals surface area contributed by atoms with Crippen molar-refractivity contribution in [3.05, 3.63) is 0 Å². The second-order valence-electron chi connectivity index (χ2n) is 7.89. The van der Waals surface area contributed by atoms with E-state index in [1.54, 1.807) is 0 Å². The minimum atomic E-state index is -1.52. The van der Waals surface area contributed by atoms with Crippen LogP contribution in [0.5, 0.6) is 0 Å². The van der Waals surface area contributed by atoms with Crippen LogP contribution in [-0.2, 0) is 24.0 Å². The Morgan fingerprint density at radius 2 is 1.35 bits per heavy atom. The van der Waals surface area contributed by atoms with Crippen LogP contribution in [-0.4, -0.2) is 65.4 Å². The number of nitrogens with two attached hydrogens (primary N) is 3. The molecule has 0 aromatic heterocycles. The summed E-state index contributed by atoms with van der Waals surface area (Å²) in [6, 6.07) is -4.36. The first-order chi connectivity index (χ1) is 14.4. The molecule has 31 heavy (non-hydrogen) atoms. The molecule has 178 valence electrons. The molecule has 4 atom stereocenters. The molecule has 4 amide bonds. The Morgan fingerprint density at radius 3 is 1.81 bits per heavy atom. The van der Waals surface area contributed by atoms with Gasteiger partial charge in [0, 0.05) is 0 Å². The quantitative estimate of drug-likeness (QED) is 0.139. The summed E-state index contributed by atoms with van der Waals surface area (Å²) in [5.41, 5.74) is 16.1. The minimum absolute atomic E-state index is 0.0561. The van der Waals surface area contributed by atoms with Gasteiger partial charge in [-0.1, -0.05) is 13.8 Å². The molecule has 0 bridgehead atoms. The SMILES string of the molecule is CC(C)CC(NC(=O)C(C)N)C(=O)NC(CCCCN)C(=O)NC(CC(N)=O)C(=O)O. The first-order valence-corrected chi connectivity index (χ1v) is 10.3. The van der Waals surface area contributed by atoms with Gasteiger partial charge in [0.25, 0.3) is 0 Å². The summed E-state index contributed by atoms with van der Waals surface area (Å²) in [5, 5.41) is 16.6. The van der Waals surface area contributed by atoms with Crippen molar-refractivity contribution in [2.75, 3.05) is 6.54 Å². The van der Waals surface area contributed by atoms with Crippen LogP contribution in [0.25, 0.3) is 0 Å². The molecular formula is C19H36N6O6. The molecule has 0 aliphatic heterocycles. The lowest BCUT2D eigenvalue weighted by molar-refractivity contribution is -0.143. The summed E-state index contributed by atoms with van der Waals surface area (Å²) in [6.07, 6.45) is 0.975. The normalized spacial score (nSPS) is 14.8. The molecule has 0 rings (SSSR count). The van der Waals surface area contributed by atoms with E-state index in [2.05, 4.69) is 16.0 Å². The second kappa shape index (κ2) is 14.3. The van der Waals surface area contributed by atoms with E-state index in [1.165, 1.54) is 6.92 Å². The van der Waals surface area contributed by atoms with Crippen molar-refractivity contribution < 1.29 is 29.1 Å². The maximum absolute atomic E-state index is 12.8. The number of amides is 4. The highest BCUT2D eigenvalue weighted by Gasteiger charge is 2.30. The van der Waals surface area contributed by atoms with Crippen LogP contribution in [0.2, 0.25) is 0 Å². The van der Waals surface area contributed by atoms with E-state index in [9.17, 15) is 29.1 Å². The number of carbonyl (C=O) groups is 5. The third-order valence-corrected chi connectivity index (χ3v) is 4.35. The summed E-state index contributed by atoms with van der Waals surface area (Å²) in [4.78, 5) is 59.8. The summed E-state index contributed by atoms with van der Waals surface area (Å²) in [5.74, 6) is -4.16. The Hall–Kier alpha value is -2.73. The van der Waals surface area contributed by atoms with Crippen LogP contribution in [0.1, 0.15) is 52.9 Å². The molecule has 0 aliphatic carbocycles. The predicted octanol–water partition coefficient (Wildman–Crippen LogP) is -2.08. The number of aliphatic carboxylic acids is 1. The van der Waals surface area contributed by atoms with E-state index in [1.807, 2.05) is 13.8 Å². The van der Waals surface area contributed by atoms with Gasteiger partial charge in [-0.05, 0) is 45.1 Å². The van der Waals surface area contributed by atoms with Gasteiger partial charge in [-0.3, -0.25) is 19.2 Å². The lowest BCUT2D eigenvalue weighted by atomic mass is 10.0. The molecule has 12 nitrogen and oxygen atoms in total. The van der Waals surface area contributed by atoms with Crippen LogP contribution in [0, 0.1) is 5.92 Å². The van der Waals surface area contributed by atoms with Crippen molar-refractivity contribution in [1.82, 2.24) is 16.0 Å². The van der Waals surface area contributed by atoms with E-state index in [0.29, 0.717) is 25.8 Å². The van der Waals surface area contributed by atoms with E-state index in [4.69, 9.17) is 17.2 Å². The van der Waals surface area contributed by atoms with Gasteiger partial charge in [0.05, 0.1) is 12.5 Å². The van der Waals surface area contributed by atoms with Gasteiger partial charge < -0.3 is 38.3 Å². The third kappa shape index (κ3) is 11.9. The number of nitrogens with one attached hydrogen (secondary N) is 3. The number of carbonyl (C=O) groups excluding carboxylic acids is 4. The van der Waals surface area contributed by atoms with Crippen LogP contribution in [0.4, 0.5) is 0 Å². The summed E-state index contributed by atoms with van der Waals surface area (Å²) in [6.45, 7) is 5.59. The Bertz CT molecular complexity index is 639. The largest absolute Gasteiger partial charge is 0.480 e. The average molecular weight is 445 g/mol. The van der Waals surface area contributed by atoms with E-state index < -0.39 is 60.2 Å². The number of carboxylic acid groups (broad SMARTS) is 1. The van der Waals surface area contributed by atoms with Gasteiger partial charge in [-0.25, -0.2) is 4.79 Å². The molecule has 10 N–H and O–H groups in total. The van der Waals surface area contributed by atoms with Crippen LogP contribution < -0.4 is 33.2 Å². The summed E-state index contributed by atoms with van der Waals surface area (Å²) in [7, 11) is 0. The summed E-state index contributed by atoms with van der Waals surface area (Å²) >= 11 is 0. The Kier molecular flexibility index (Phi) is 13.0. The fourth-order valence-electron chi connectivity index (χ4n) is 2.71. The van der Waals surface area contributed by atoms with Crippen molar-refractivity contribution in [3.63, 3.8) is 0 Å². The maximum Gasteiger partial charge on any atom is 0.326 e. The second-order valence-corrected chi connectivity index (χ2v) is 7.89. The number of hydrogen-bond donors (Lipinski definition) is 7. The van der Waals surface area contributed by atoms with Crippen molar-refractivity contribution in [2.45, 2.75) is 77.0 Å². The smallest absolute Gasteiger partial charge is 0.326 e. The molecule has 0 spiro atoms. The molecule has 0 fully saturated rings. The van der Waals surface area contributed by atoms with Crippen LogP contribution >= 0.6 is 0 Å².